The molecule has 1 atom stereocenters. The number of benzene rings is 1. The Balaban J connectivity index is 1.45. The minimum Gasteiger partial charge on any atom is -0.497 e. The molecule has 0 radical (unpaired) electrons. The molecule has 170 valence electrons. The van der Waals surface area contributed by atoms with Crippen LogP contribution in [0.4, 0.5) is 0 Å². The molecule has 1 aromatic carbocycles. The second-order valence-electron chi connectivity index (χ2n) is 7.30. The highest BCUT2D eigenvalue weighted by atomic mass is 16.5. The fraction of sp³-hybridized carbons (Fsp3) is 0.522. The summed E-state index contributed by atoms with van der Waals surface area (Å²) < 4.78 is 21.7. The molecule has 2 aromatic rings. The molecule has 0 amide bonds. The monoisotopic (exact) mass is 430 g/mol. The minimum absolute atomic E-state index is 0.227. The van der Waals surface area contributed by atoms with Gasteiger partial charge in [-0.25, -0.2) is 0 Å². The largest absolute Gasteiger partial charge is 0.497 e. The molecule has 0 aliphatic carbocycles. The van der Waals surface area contributed by atoms with Crippen molar-refractivity contribution in [3.05, 3.63) is 54.0 Å². The van der Waals surface area contributed by atoms with Crippen LogP contribution in [0, 0.1) is 0 Å². The van der Waals surface area contributed by atoms with E-state index in [-0.39, 0.29) is 6.04 Å². The maximum Gasteiger partial charge on any atom is 0.191 e. The number of hydrogen-bond donors (Lipinski definition) is 2. The fourth-order valence-corrected chi connectivity index (χ4v) is 3.54. The van der Waals surface area contributed by atoms with Gasteiger partial charge < -0.3 is 29.3 Å². The van der Waals surface area contributed by atoms with Crippen molar-refractivity contribution in [2.75, 3.05) is 60.2 Å². The third-order valence-electron chi connectivity index (χ3n) is 5.26. The zero-order valence-electron chi connectivity index (χ0n) is 18.5. The first-order valence-corrected chi connectivity index (χ1v) is 10.8. The van der Waals surface area contributed by atoms with Gasteiger partial charge in [0, 0.05) is 39.8 Å². The number of nitrogens with zero attached hydrogens (tertiary/aromatic N) is 2. The van der Waals surface area contributed by atoms with E-state index in [4.69, 9.17) is 18.6 Å². The quantitative estimate of drug-likeness (QED) is 0.322. The summed E-state index contributed by atoms with van der Waals surface area (Å²) in [7, 11) is 3.48. The van der Waals surface area contributed by atoms with Crippen LogP contribution in [-0.2, 0) is 16.1 Å². The molecule has 1 aliphatic heterocycles. The molecule has 2 heterocycles. The van der Waals surface area contributed by atoms with Crippen molar-refractivity contribution in [3.63, 3.8) is 0 Å². The van der Waals surface area contributed by atoms with Gasteiger partial charge in [0.05, 0.1) is 32.6 Å². The van der Waals surface area contributed by atoms with Crippen LogP contribution in [-0.4, -0.2) is 71.0 Å². The molecule has 1 aliphatic rings. The van der Waals surface area contributed by atoms with E-state index in [1.165, 1.54) is 5.56 Å². The Morgan fingerprint density at radius 1 is 1.16 bits per heavy atom. The summed E-state index contributed by atoms with van der Waals surface area (Å²) in [6.07, 6.45) is 2.54. The molecular weight excluding hydrogens is 396 g/mol. The van der Waals surface area contributed by atoms with Gasteiger partial charge in [-0.2, -0.15) is 0 Å². The van der Waals surface area contributed by atoms with Crippen molar-refractivity contribution in [1.29, 1.82) is 0 Å². The Kier molecular flexibility index (Phi) is 9.69. The third-order valence-corrected chi connectivity index (χ3v) is 5.26. The number of morpholine rings is 1. The highest BCUT2D eigenvalue weighted by Gasteiger charge is 2.23. The Morgan fingerprint density at radius 2 is 1.97 bits per heavy atom. The van der Waals surface area contributed by atoms with Gasteiger partial charge in [0.2, 0.25) is 0 Å². The molecule has 2 N–H and O–H groups in total. The van der Waals surface area contributed by atoms with Crippen LogP contribution >= 0.6 is 0 Å². The summed E-state index contributed by atoms with van der Waals surface area (Å²) in [4.78, 5) is 6.81. The van der Waals surface area contributed by atoms with Crippen molar-refractivity contribution < 1.29 is 18.6 Å². The molecule has 1 aromatic heterocycles. The van der Waals surface area contributed by atoms with Gasteiger partial charge in [0.25, 0.3) is 0 Å². The maximum atomic E-state index is 5.62. The SMILES string of the molecule is CN=C(NCCCOCc1ccco1)NCC(c1ccc(OC)cc1)N1CCOCC1. The van der Waals surface area contributed by atoms with E-state index in [1.807, 2.05) is 24.3 Å². The average Bonchev–Trinajstić information content (AvgIpc) is 3.34. The van der Waals surface area contributed by atoms with Crippen molar-refractivity contribution in [3.8, 4) is 5.75 Å². The van der Waals surface area contributed by atoms with E-state index in [1.54, 1.807) is 20.4 Å². The van der Waals surface area contributed by atoms with Crippen molar-refractivity contribution in [2.45, 2.75) is 19.1 Å². The Hall–Kier alpha value is -2.55. The molecule has 1 fully saturated rings. The molecule has 1 unspecified atom stereocenters. The Morgan fingerprint density at radius 3 is 2.65 bits per heavy atom. The lowest BCUT2D eigenvalue weighted by atomic mass is 10.0. The predicted molar refractivity (Wildman–Crippen MR) is 120 cm³/mol. The maximum absolute atomic E-state index is 5.62. The standard InChI is InChI=1S/C23H34N4O4/c1-24-23(25-10-4-13-30-18-21-5-3-14-31-21)26-17-22(27-11-15-29-16-12-27)19-6-8-20(28-2)9-7-19/h3,5-9,14,22H,4,10-13,15-18H2,1-2H3,(H2,24,25,26). The van der Waals surface area contributed by atoms with E-state index >= 15 is 0 Å². The first-order valence-electron chi connectivity index (χ1n) is 10.8. The van der Waals surface area contributed by atoms with Crippen molar-refractivity contribution in [2.24, 2.45) is 4.99 Å². The summed E-state index contributed by atoms with van der Waals surface area (Å²) in [5.74, 6) is 2.50. The second kappa shape index (κ2) is 13.0. The van der Waals surface area contributed by atoms with E-state index in [9.17, 15) is 0 Å². The van der Waals surface area contributed by atoms with Crippen molar-refractivity contribution >= 4 is 5.96 Å². The van der Waals surface area contributed by atoms with Crippen LogP contribution in [0.5, 0.6) is 5.75 Å². The van der Waals surface area contributed by atoms with Gasteiger partial charge in [-0.3, -0.25) is 9.89 Å². The number of nitrogens with one attached hydrogen (secondary N) is 2. The smallest absolute Gasteiger partial charge is 0.191 e. The number of methoxy groups -OCH3 is 1. The number of aliphatic imine (C=N–C) groups is 1. The first kappa shape index (κ1) is 23.1. The second-order valence-corrected chi connectivity index (χ2v) is 7.30. The number of furan rings is 1. The molecule has 1 saturated heterocycles. The summed E-state index contributed by atoms with van der Waals surface area (Å²) in [5.41, 5.74) is 1.25. The van der Waals surface area contributed by atoms with Gasteiger partial charge >= 0.3 is 0 Å². The summed E-state index contributed by atoms with van der Waals surface area (Å²) in [6.45, 7) is 6.05. The minimum atomic E-state index is 0.227. The van der Waals surface area contributed by atoms with E-state index in [2.05, 4.69) is 32.7 Å². The van der Waals surface area contributed by atoms with Gasteiger partial charge in [-0.1, -0.05) is 12.1 Å². The van der Waals surface area contributed by atoms with E-state index < -0.39 is 0 Å². The Labute approximate surface area is 184 Å². The predicted octanol–water partition coefficient (Wildman–Crippen LogP) is 2.43. The zero-order valence-corrected chi connectivity index (χ0v) is 18.5. The van der Waals surface area contributed by atoms with E-state index in [0.29, 0.717) is 13.2 Å². The van der Waals surface area contributed by atoms with Gasteiger partial charge in [0.1, 0.15) is 18.1 Å². The van der Waals surface area contributed by atoms with Crippen LogP contribution in [0.25, 0.3) is 0 Å². The molecule has 8 nitrogen and oxygen atoms in total. The van der Waals surface area contributed by atoms with Gasteiger partial charge in [-0.05, 0) is 36.2 Å². The highest BCUT2D eigenvalue weighted by Crippen LogP contribution is 2.23. The van der Waals surface area contributed by atoms with Crippen LogP contribution in [0.1, 0.15) is 23.8 Å². The van der Waals surface area contributed by atoms with Crippen LogP contribution in [0.3, 0.4) is 0 Å². The van der Waals surface area contributed by atoms with Crippen LogP contribution in [0.15, 0.2) is 52.1 Å². The lowest BCUT2D eigenvalue weighted by Gasteiger charge is -2.35. The van der Waals surface area contributed by atoms with E-state index in [0.717, 1.165) is 63.3 Å². The fourth-order valence-electron chi connectivity index (χ4n) is 3.54. The first-order chi connectivity index (χ1) is 15.3. The number of ether oxygens (including phenoxy) is 3. The normalized spacial score (nSPS) is 16.1. The van der Waals surface area contributed by atoms with Gasteiger partial charge in [-0.15, -0.1) is 0 Å². The topological polar surface area (TPSA) is 80.5 Å². The average molecular weight is 431 g/mol. The molecule has 31 heavy (non-hydrogen) atoms. The summed E-state index contributed by atoms with van der Waals surface area (Å²) in [6, 6.07) is 12.3. The molecule has 3 rings (SSSR count). The molecule has 0 bridgehead atoms. The molecular formula is C23H34N4O4. The molecule has 0 saturated carbocycles. The summed E-state index contributed by atoms with van der Waals surface area (Å²) >= 11 is 0. The van der Waals surface area contributed by atoms with Crippen LogP contribution in [0.2, 0.25) is 0 Å². The molecule has 0 spiro atoms. The number of guanidine groups is 1. The number of hydrogen-bond acceptors (Lipinski definition) is 6. The van der Waals surface area contributed by atoms with Gasteiger partial charge in [0.15, 0.2) is 5.96 Å². The molecule has 8 heteroatoms. The Bertz CT molecular complexity index is 758. The zero-order chi connectivity index (χ0) is 21.7. The third kappa shape index (κ3) is 7.57. The van der Waals surface area contributed by atoms with Crippen molar-refractivity contribution in [1.82, 2.24) is 15.5 Å². The lowest BCUT2D eigenvalue weighted by Crippen LogP contribution is -2.46. The van der Waals surface area contributed by atoms with Crippen LogP contribution < -0.4 is 15.4 Å². The lowest BCUT2D eigenvalue weighted by molar-refractivity contribution is 0.0170. The highest BCUT2D eigenvalue weighted by molar-refractivity contribution is 5.79. The number of rotatable bonds is 11. The summed E-state index contributed by atoms with van der Waals surface area (Å²) in [5, 5.41) is 6.84.